The van der Waals surface area contributed by atoms with Crippen molar-refractivity contribution in [3.63, 3.8) is 0 Å². The van der Waals surface area contributed by atoms with Crippen LogP contribution in [-0.2, 0) is 9.53 Å². The summed E-state index contributed by atoms with van der Waals surface area (Å²) in [6.45, 7) is 9.51. The van der Waals surface area contributed by atoms with E-state index in [4.69, 9.17) is 4.74 Å². The number of methoxy groups -OCH3 is 1. The predicted octanol–water partition coefficient (Wildman–Crippen LogP) is 5.45. The first kappa shape index (κ1) is 17.3. The molecule has 0 spiro atoms. The van der Waals surface area contributed by atoms with Gasteiger partial charge in [0.1, 0.15) is 0 Å². The molecule has 0 aromatic carbocycles. The summed E-state index contributed by atoms with van der Waals surface area (Å²) in [7, 11) is 1.57. The van der Waals surface area contributed by atoms with Crippen LogP contribution in [0.25, 0.3) is 0 Å². The molecule has 0 unspecified atom stereocenters. The fraction of sp³-hybridized carbons (Fsp3) is 0.952. The number of hydrogen-bond acceptors (Lipinski definition) is 2. The molecule has 2 heteroatoms. The minimum Gasteiger partial charge on any atom is -0.469 e. The van der Waals surface area contributed by atoms with E-state index in [1.165, 1.54) is 44.9 Å². The van der Waals surface area contributed by atoms with Crippen LogP contribution in [-0.4, -0.2) is 13.1 Å². The highest BCUT2D eigenvalue weighted by Crippen LogP contribution is 2.64. The Bertz CT molecular complexity index is 457. The fourth-order valence-electron chi connectivity index (χ4n) is 6.96. The second-order valence-corrected chi connectivity index (χ2v) is 9.58. The minimum atomic E-state index is -0.248. The first-order chi connectivity index (χ1) is 10.8. The Kier molecular flexibility index (Phi) is 4.57. The first-order valence-corrected chi connectivity index (χ1v) is 9.91. The Balaban J connectivity index is 1.85. The Morgan fingerprint density at radius 2 is 1.83 bits per heavy atom. The normalized spacial score (nSPS) is 46.9. The van der Waals surface area contributed by atoms with Crippen molar-refractivity contribution in [2.24, 2.45) is 40.4 Å². The highest BCUT2D eigenvalue weighted by atomic mass is 16.5. The van der Waals surface area contributed by atoms with Gasteiger partial charge in [-0.05, 0) is 86.9 Å². The van der Waals surface area contributed by atoms with Gasteiger partial charge in [-0.3, -0.25) is 4.79 Å². The Morgan fingerprint density at radius 3 is 2.48 bits per heavy atom. The van der Waals surface area contributed by atoms with E-state index in [2.05, 4.69) is 27.7 Å². The van der Waals surface area contributed by atoms with Gasteiger partial charge in [-0.25, -0.2) is 0 Å². The molecule has 0 amide bonds. The van der Waals surface area contributed by atoms with Crippen molar-refractivity contribution in [1.29, 1.82) is 0 Å². The van der Waals surface area contributed by atoms with Gasteiger partial charge >= 0.3 is 5.97 Å². The summed E-state index contributed by atoms with van der Waals surface area (Å²) in [4.78, 5) is 12.6. The molecule has 0 radical (unpaired) electrons. The van der Waals surface area contributed by atoms with E-state index in [1.807, 2.05) is 0 Å². The summed E-state index contributed by atoms with van der Waals surface area (Å²) in [6, 6.07) is 0. The van der Waals surface area contributed by atoms with Crippen molar-refractivity contribution in [2.75, 3.05) is 7.11 Å². The van der Waals surface area contributed by atoms with Crippen LogP contribution in [0.1, 0.15) is 79.1 Å². The molecule has 0 heterocycles. The summed E-state index contributed by atoms with van der Waals surface area (Å²) < 4.78 is 5.23. The Labute approximate surface area is 142 Å². The third kappa shape index (κ3) is 2.65. The summed E-state index contributed by atoms with van der Waals surface area (Å²) in [5.74, 6) is 4.05. The number of esters is 1. The van der Waals surface area contributed by atoms with Gasteiger partial charge in [0.05, 0.1) is 12.5 Å². The fourth-order valence-corrected chi connectivity index (χ4v) is 6.96. The van der Waals surface area contributed by atoms with Gasteiger partial charge in [-0.2, -0.15) is 0 Å². The second kappa shape index (κ2) is 6.08. The van der Waals surface area contributed by atoms with E-state index >= 15 is 0 Å². The lowest BCUT2D eigenvalue weighted by Crippen LogP contribution is -2.56. The van der Waals surface area contributed by atoms with Crippen LogP contribution in [0.15, 0.2) is 0 Å². The third-order valence-electron chi connectivity index (χ3n) is 8.27. The number of carbonyl (C=O) groups is 1. The molecule has 0 bridgehead atoms. The monoisotopic (exact) mass is 320 g/mol. The van der Waals surface area contributed by atoms with Crippen molar-refractivity contribution < 1.29 is 9.53 Å². The molecule has 3 fully saturated rings. The molecule has 0 aromatic heterocycles. The van der Waals surface area contributed by atoms with E-state index in [1.54, 1.807) is 7.11 Å². The molecular weight excluding hydrogens is 284 g/mol. The Morgan fingerprint density at radius 1 is 1.09 bits per heavy atom. The molecule has 3 aliphatic rings. The maximum absolute atomic E-state index is 12.6. The molecule has 2 nitrogen and oxygen atoms in total. The van der Waals surface area contributed by atoms with Gasteiger partial charge in [0.15, 0.2) is 0 Å². The van der Waals surface area contributed by atoms with E-state index < -0.39 is 0 Å². The van der Waals surface area contributed by atoms with E-state index in [-0.39, 0.29) is 11.4 Å². The van der Waals surface area contributed by atoms with E-state index in [0.29, 0.717) is 11.3 Å². The lowest BCUT2D eigenvalue weighted by atomic mass is 9.43. The largest absolute Gasteiger partial charge is 0.469 e. The van der Waals surface area contributed by atoms with E-state index in [0.717, 1.165) is 30.1 Å². The summed E-state index contributed by atoms with van der Waals surface area (Å²) in [5.41, 5.74) is 0.105. The summed E-state index contributed by atoms with van der Waals surface area (Å²) >= 11 is 0. The maximum Gasteiger partial charge on any atom is 0.311 e. The average molecular weight is 321 g/mol. The van der Waals surface area contributed by atoms with Crippen LogP contribution in [0.2, 0.25) is 0 Å². The van der Waals surface area contributed by atoms with Crippen LogP contribution in [0.3, 0.4) is 0 Å². The molecule has 6 atom stereocenters. The standard InChI is InChI=1S/C21H36O2/c1-14(2)15-7-9-17-16(13-15)8-10-18-20(17,3)11-6-12-21(18,4)19(22)23-5/h14-18H,6-13H2,1-5H3/t15-,16+,17-,18+,20+,21+/m0/s1. The van der Waals surface area contributed by atoms with Crippen molar-refractivity contribution in [3.05, 3.63) is 0 Å². The van der Waals surface area contributed by atoms with Crippen LogP contribution < -0.4 is 0 Å². The lowest BCUT2D eigenvalue weighted by Gasteiger charge is -2.61. The average Bonchev–Trinajstić information content (AvgIpc) is 2.53. The molecule has 23 heavy (non-hydrogen) atoms. The number of rotatable bonds is 2. The van der Waals surface area contributed by atoms with E-state index in [9.17, 15) is 4.79 Å². The number of fused-ring (bicyclic) bond motifs is 3. The predicted molar refractivity (Wildman–Crippen MR) is 94.0 cm³/mol. The number of carbonyl (C=O) groups excluding carboxylic acids is 1. The highest BCUT2D eigenvalue weighted by molar-refractivity contribution is 5.77. The zero-order chi connectivity index (χ0) is 16.8. The van der Waals surface area contributed by atoms with Crippen LogP contribution in [0.4, 0.5) is 0 Å². The Hall–Kier alpha value is -0.530. The second-order valence-electron chi connectivity index (χ2n) is 9.58. The molecule has 0 aromatic rings. The van der Waals surface area contributed by atoms with Gasteiger partial charge in [0.2, 0.25) is 0 Å². The smallest absolute Gasteiger partial charge is 0.311 e. The van der Waals surface area contributed by atoms with Gasteiger partial charge in [0, 0.05) is 0 Å². The third-order valence-corrected chi connectivity index (χ3v) is 8.27. The van der Waals surface area contributed by atoms with Crippen molar-refractivity contribution in [1.82, 2.24) is 0 Å². The van der Waals surface area contributed by atoms with Gasteiger partial charge in [0.25, 0.3) is 0 Å². The molecule has 3 aliphatic carbocycles. The van der Waals surface area contributed by atoms with Gasteiger partial charge in [-0.15, -0.1) is 0 Å². The summed E-state index contributed by atoms with van der Waals surface area (Å²) in [6.07, 6.45) is 10.3. The summed E-state index contributed by atoms with van der Waals surface area (Å²) in [5, 5.41) is 0. The highest BCUT2D eigenvalue weighted by Gasteiger charge is 2.59. The van der Waals surface area contributed by atoms with Crippen LogP contribution in [0.5, 0.6) is 0 Å². The molecule has 0 N–H and O–H groups in total. The van der Waals surface area contributed by atoms with Crippen molar-refractivity contribution >= 4 is 5.97 Å². The number of hydrogen-bond donors (Lipinski definition) is 0. The topological polar surface area (TPSA) is 26.3 Å². The zero-order valence-electron chi connectivity index (χ0n) is 15.9. The molecule has 0 aliphatic heterocycles. The van der Waals surface area contributed by atoms with Crippen LogP contribution in [0, 0.1) is 40.4 Å². The van der Waals surface area contributed by atoms with Gasteiger partial charge in [-0.1, -0.05) is 27.2 Å². The van der Waals surface area contributed by atoms with Crippen LogP contribution >= 0.6 is 0 Å². The molecule has 0 saturated heterocycles. The molecule has 3 rings (SSSR count). The molecule has 3 saturated carbocycles. The molecular formula is C21H36O2. The first-order valence-electron chi connectivity index (χ1n) is 9.91. The minimum absolute atomic E-state index is 0.0442. The lowest BCUT2D eigenvalue weighted by molar-refractivity contribution is -0.176. The van der Waals surface area contributed by atoms with Crippen molar-refractivity contribution in [3.8, 4) is 0 Å². The zero-order valence-corrected chi connectivity index (χ0v) is 15.9. The SMILES string of the molecule is COC(=O)[C@]1(C)CCC[C@@]2(C)[C@H]1CC[C@@H]1C[C@@H](C(C)C)CC[C@@H]12. The number of ether oxygens (including phenoxy) is 1. The maximum atomic E-state index is 12.6. The molecule has 132 valence electrons. The van der Waals surface area contributed by atoms with Gasteiger partial charge < -0.3 is 4.74 Å². The van der Waals surface area contributed by atoms with Crippen molar-refractivity contribution in [2.45, 2.75) is 79.1 Å². The quantitative estimate of drug-likeness (QED) is 0.632.